The summed E-state index contributed by atoms with van der Waals surface area (Å²) in [6.07, 6.45) is 2.08. The van der Waals surface area contributed by atoms with Crippen molar-refractivity contribution >= 4 is 39.0 Å². The molecule has 0 fully saturated rings. The van der Waals surface area contributed by atoms with Crippen molar-refractivity contribution in [2.45, 2.75) is 46.3 Å². The summed E-state index contributed by atoms with van der Waals surface area (Å²) in [5.41, 5.74) is 7.51. The standard InChI is InChI=1S/C29H30N4O/c1-18-15-16-22-21-11-7-10-14-25(21)34-28(22)27(18)32-20(3)33(24-13-9-8-12-23(24)32)29(4,5)26-17-30-19(2)31(26)6/h7-17,20H,1-6H3/t20-/m1/s1. The normalized spacial score (nSPS) is 16.1. The molecule has 6 rings (SSSR count). The van der Waals surface area contributed by atoms with Gasteiger partial charge < -0.3 is 18.8 Å². The van der Waals surface area contributed by atoms with Gasteiger partial charge in [-0.2, -0.15) is 0 Å². The van der Waals surface area contributed by atoms with Crippen LogP contribution in [0, 0.1) is 13.8 Å². The summed E-state index contributed by atoms with van der Waals surface area (Å²) in [5.74, 6) is 1.02. The Morgan fingerprint density at radius 3 is 2.32 bits per heavy atom. The zero-order chi connectivity index (χ0) is 23.8. The van der Waals surface area contributed by atoms with E-state index in [2.05, 4.69) is 116 Å². The maximum atomic E-state index is 6.49. The average Bonchev–Trinajstić information content (AvgIpc) is 3.45. The van der Waals surface area contributed by atoms with Crippen molar-refractivity contribution in [2.75, 3.05) is 9.80 Å². The molecule has 1 aliphatic rings. The molecule has 3 aromatic carbocycles. The molecule has 0 radical (unpaired) electrons. The minimum absolute atomic E-state index is 0.0696. The van der Waals surface area contributed by atoms with Gasteiger partial charge in [0.05, 0.1) is 34.5 Å². The fraction of sp³-hybridized carbons (Fsp3) is 0.276. The Bertz CT molecular complexity index is 1560. The molecule has 0 amide bonds. The van der Waals surface area contributed by atoms with Crippen molar-refractivity contribution in [3.8, 4) is 0 Å². The topological polar surface area (TPSA) is 37.4 Å². The highest BCUT2D eigenvalue weighted by atomic mass is 16.3. The SMILES string of the molecule is Cc1ccc2c(oc3ccccc32)c1N1c2ccccc2N(C(C)(C)c2cnc(C)n2C)[C@@H]1C. The van der Waals surface area contributed by atoms with E-state index >= 15 is 0 Å². The van der Waals surface area contributed by atoms with Crippen LogP contribution in [0.25, 0.3) is 21.9 Å². The summed E-state index contributed by atoms with van der Waals surface area (Å²) in [4.78, 5) is 9.56. The number of nitrogens with zero attached hydrogens (tertiary/aromatic N) is 4. The summed E-state index contributed by atoms with van der Waals surface area (Å²) >= 11 is 0. The molecular weight excluding hydrogens is 420 g/mol. The van der Waals surface area contributed by atoms with Crippen LogP contribution in [0.3, 0.4) is 0 Å². The fourth-order valence-corrected chi connectivity index (χ4v) is 5.83. The van der Waals surface area contributed by atoms with Gasteiger partial charge in [-0.1, -0.05) is 42.5 Å². The number of para-hydroxylation sites is 3. The van der Waals surface area contributed by atoms with Crippen LogP contribution in [0.15, 0.2) is 71.3 Å². The van der Waals surface area contributed by atoms with Gasteiger partial charge in [-0.3, -0.25) is 0 Å². The highest BCUT2D eigenvalue weighted by Gasteiger charge is 2.44. The number of hydrogen-bond donors (Lipinski definition) is 0. The highest BCUT2D eigenvalue weighted by molar-refractivity contribution is 6.10. The molecule has 0 spiro atoms. The van der Waals surface area contributed by atoms with Crippen LogP contribution in [0.2, 0.25) is 0 Å². The zero-order valence-corrected chi connectivity index (χ0v) is 20.6. The zero-order valence-electron chi connectivity index (χ0n) is 20.6. The van der Waals surface area contributed by atoms with Crippen LogP contribution in [0.4, 0.5) is 17.1 Å². The Morgan fingerprint density at radius 1 is 0.882 bits per heavy atom. The van der Waals surface area contributed by atoms with E-state index in [-0.39, 0.29) is 11.7 Å². The van der Waals surface area contributed by atoms with Gasteiger partial charge in [0.1, 0.15) is 17.6 Å². The Balaban J connectivity index is 1.59. The minimum Gasteiger partial charge on any atom is -0.454 e. The maximum absolute atomic E-state index is 6.49. The van der Waals surface area contributed by atoms with Crippen molar-refractivity contribution in [2.24, 2.45) is 7.05 Å². The van der Waals surface area contributed by atoms with Crippen molar-refractivity contribution in [1.82, 2.24) is 9.55 Å². The maximum Gasteiger partial charge on any atom is 0.159 e. The van der Waals surface area contributed by atoms with E-state index in [0.717, 1.165) is 33.5 Å². The molecule has 5 aromatic rings. The molecule has 0 unspecified atom stereocenters. The minimum atomic E-state index is -0.282. The number of aromatic nitrogens is 2. The summed E-state index contributed by atoms with van der Waals surface area (Å²) in [7, 11) is 2.10. The molecule has 5 heteroatoms. The second-order valence-electron chi connectivity index (χ2n) is 9.88. The van der Waals surface area contributed by atoms with Crippen LogP contribution in [0.5, 0.6) is 0 Å². The second kappa shape index (κ2) is 7.13. The predicted octanol–water partition coefficient (Wildman–Crippen LogP) is 7.18. The first-order valence-corrected chi connectivity index (χ1v) is 11.9. The Hall–Kier alpha value is -3.73. The van der Waals surface area contributed by atoms with E-state index in [1.165, 1.54) is 22.6 Å². The second-order valence-corrected chi connectivity index (χ2v) is 9.88. The molecule has 0 bridgehead atoms. The van der Waals surface area contributed by atoms with Crippen LogP contribution in [-0.4, -0.2) is 15.7 Å². The molecule has 3 heterocycles. The first-order chi connectivity index (χ1) is 16.3. The van der Waals surface area contributed by atoms with Gasteiger partial charge in [-0.05, 0) is 58.4 Å². The van der Waals surface area contributed by atoms with E-state index in [1.54, 1.807) is 0 Å². The predicted molar refractivity (Wildman–Crippen MR) is 140 cm³/mol. The third-order valence-electron chi connectivity index (χ3n) is 7.56. The van der Waals surface area contributed by atoms with Crippen molar-refractivity contribution in [3.05, 3.63) is 83.9 Å². The Labute approximate surface area is 200 Å². The first kappa shape index (κ1) is 20.8. The first-order valence-electron chi connectivity index (χ1n) is 11.9. The number of rotatable bonds is 3. The molecule has 5 nitrogen and oxygen atoms in total. The van der Waals surface area contributed by atoms with Gasteiger partial charge in [-0.15, -0.1) is 0 Å². The number of hydrogen-bond acceptors (Lipinski definition) is 4. The van der Waals surface area contributed by atoms with Crippen molar-refractivity contribution in [3.63, 3.8) is 0 Å². The number of anilines is 3. The fourth-order valence-electron chi connectivity index (χ4n) is 5.83. The van der Waals surface area contributed by atoms with Crippen LogP contribution < -0.4 is 9.80 Å². The summed E-state index contributed by atoms with van der Waals surface area (Å²) in [6.45, 7) is 11.1. The number of furan rings is 1. The molecule has 0 aliphatic carbocycles. The Morgan fingerprint density at radius 2 is 1.59 bits per heavy atom. The van der Waals surface area contributed by atoms with E-state index in [4.69, 9.17) is 4.42 Å². The molecule has 1 atom stereocenters. The lowest BCUT2D eigenvalue weighted by atomic mass is 9.97. The lowest BCUT2D eigenvalue weighted by Gasteiger charge is -2.42. The highest BCUT2D eigenvalue weighted by Crippen LogP contribution is 2.52. The largest absolute Gasteiger partial charge is 0.454 e. The number of imidazole rings is 1. The third kappa shape index (κ3) is 2.70. The molecule has 0 saturated carbocycles. The molecule has 0 saturated heterocycles. The summed E-state index contributed by atoms with van der Waals surface area (Å²) in [6, 6.07) is 21.4. The lowest BCUT2D eigenvalue weighted by Crippen LogP contribution is -2.50. The van der Waals surface area contributed by atoms with Crippen molar-refractivity contribution < 1.29 is 4.42 Å². The van der Waals surface area contributed by atoms with Gasteiger partial charge in [0, 0.05) is 17.8 Å². The van der Waals surface area contributed by atoms with Crippen molar-refractivity contribution in [1.29, 1.82) is 0 Å². The number of benzene rings is 3. The van der Waals surface area contributed by atoms with Crippen LogP contribution in [-0.2, 0) is 12.6 Å². The number of fused-ring (bicyclic) bond motifs is 4. The van der Waals surface area contributed by atoms with Gasteiger partial charge in [0.15, 0.2) is 5.58 Å². The summed E-state index contributed by atoms with van der Waals surface area (Å²) in [5, 5.41) is 2.31. The third-order valence-corrected chi connectivity index (χ3v) is 7.56. The molecular formula is C29H30N4O. The van der Waals surface area contributed by atoms with Crippen LogP contribution >= 0.6 is 0 Å². The molecule has 34 heavy (non-hydrogen) atoms. The monoisotopic (exact) mass is 450 g/mol. The molecule has 1 aliphatic heterocycles. The Kier molecular flexibility index (Phi) is 4.37. The van der Waals surface area contributed by atoms with Gasteiger partial charge >= 0.3 is 0 Å². The van der Waals surface area contributed by atoms with Crippen LogP contribution in [0.1, 0.15) is 37.9 Å². The van der Waals surface area contributed by atoms with Gasteiger partial charge in [0.25, 0.3) is 0 Å². The summed E-state index contributed by atoms with van der Waals surface area (Å²) < 4.78 is 8.69. The van der Waals surface area contributed by atoms with Gasteiger partial charge in [0.2, 0.25) is 0 Å². The molecule has 2 aromatic heterocycles. The van der Waals surface area contributed by atoms with E-state index in [1.807, 2.05) is 12.3 Å². The average molecular weight is 451 g/mol. The quantitative estimate of drug-likeness (QED) is 0.292. The molecule has 0 N–H and O–H groups in total. The lowest BCUT2D eigenvalue weighted by molar-refractivity contribution is 0.424. The smallest absolute Gasteiger partial charge is 0.159 e. The van der Waals surface area contributed by atoms with E-state index in [0.29, 0.717) is 0 Å². The van der Waals surface area contributed by atoms with E-state index in [9.17, 15) is 0 Å². The number of aryl methyl sites for hydroxylation is 2. The van der Waals surface area contributed by atoms with Gasteiger partial charge in [-0.25, -0.2) is 4.98 Å². The van der Waals surface area contributed by atoms with E-state index < -0.39 is 0 Å². The molecule has 172 valence electrons.